The number of benzene rings is 2. The monoisotopic (exact) mass is 263 g/mol. The first-order valence-corrected chi connectivity index (χ1v) is 5.72. The van der Waals surface area contributed by atoms with Gasteiger partial charge in [-0.25, -0.2) is 0 Å². The first kappa shape index (κ1) is 16.6. The average molecular weight is 263 g/mol. The van der Waals surface area contributed by atoms with Gasteiger partial charge in [-0.2, -0.15) is 0 Å². The van der Waals surface area contributed by atoms with Crippen molar-refractivity contribution >= 4 is 18.6 Å². The molecule has 0 atom stereocenters. The van der Waals surface area contributed by atoms with E-state index in [-0.39, 0.29) is 40.8 Å². The van der Waals surface area contributed by atoms with Crippen molar-refractivity contribution in [1.82, 2.24) is 0 Å². The predicted molar refractivity (Wildman–Crippen MR) is 55.8 cm³/mol. The Balaban J connectivity index is 0.00000128. The van der Waals surface area contributed by atoms with Crippen LogP contribution in [-0.4, -0.2) is 5.48 Å². The van der Waals surface area contributed by atoms with E-state index >= 15 is 0 Å². The standard InChI is InChI=1S/C10H9O4P.Na.H2O/c11-15(12,13)14-10-7-3-5-8-4-1-2-6-9(8)10;;/h1-7H,(H2,11,12,13);;1H2/q;+1;/p-2. The third kappa shape index (κ3) is 4.41. The van der Waals surface area contributed by atoms with E-state index in [1.165, 1.54) is 6.07 Å². The van der Waals surface area contributed by atoms with Gasteiger partial charge in [0.05, 0.1) is 0 Å². The number of hydrogen-bond donors (Lipinski definition) is 0. The van der Waals surface area contributed by atoms with Gasteiger partial charge in [-0.1, -0.05) is 36.4 Å². The summed E-state index contributed by atoms with van der Waals surface area (Å²) >= 11 is 0. The Morgan fingerprint density at radius 2 is 1.59 bits per heavy atom. The molecule has 0 fully saturated rings. The zero-order valence-corrected chi connectivity index (χ0v) is 12.0. The molecule has 2 rings (SSSR count). The minimum absolute atomic E-state index is 0. The SMILES string of the molecule is O.O=P([O-])([O-])Oc1cccc2ccccc12.[Na+]. The van der Waals surface area contributed by atoms with Crippen LogP contribution in [0.25, 0.3) is 10.8 Å². The van der Waals surface area contributed by atoms with Gasteiger partial charge in [0, 0.05) is 5.39 Å². The van der Waals surface area contributed by atoms with E-state index in [1.807, 2.05) is 18.2 Å². The third-order valence-electron chi connectivity index (χ3n) is 1.96. The van der Waals surface area contributed by atoms with Gasteiger partial charge < -0.3 is 24.4 Å². The summed E-state index contributed by atoms with van der Waals surface area (Å²) in [4.78, 5) is 21.0. The topological polar surface area (TPSA) is 104 Å². The van der Waals surface area contributed by atoms with Gasteiger partial charge in [-0.3, -0.25) is 0 Å². The van der Waals surface area contributed by atoms with Crippen LogP contribution >= 0.6 is 7.82 Å². The zero-order chi connectivity index (χ0) is 10.9. The Morgan fingerprint density at radius 3 is 2.24 bits per heavy atom. The molecular formula is C10H9NaO5P-. The molecule has 0 aliphatic rings. The molecule has 0 unspecified atom stereocenters. The molecular weight excluding hydrogens is 254 g/mol. The van der Waals surface area contributed by atoms with Crippen molar-refractivity contribution in [3.63, 3.8) is 0 Å². The summed E-state index contributed by atoms with van der Waals surface area (Å²) in [5, 5.41) is 1.43. The summed E-state index contributed by atoms with van der Waals surface area (Å²) in [5.41, 5.74) is 0. The molecule has 2 aromatic carbocycles. The van der Waals surface area contributed by atoms with Gasteiger partial charge >= 0.3 is 29.6 Å². The van der Waals surface area contributed by atoms with Gasteiger partial charge in [0.1, 0.15) is 13.6 Å². The van der Waals surface area contributed by atoms with Crippen molar-refractivity contribution in [2.45, 2.75) is 0 Å². The maximum Gasteiger partial charge on any atom is 1.00 e. The molecule has 0 bridgehead atoms. The smallest absolute Gasteiger partial charge is 0.780 e. The van der Waals surface area contributed by atoms with Crippen LogP contribution in [0.4, 0.5) is 0 Å². The Kier molecular flexibility index (Phi) is 6.37. The molecule has 86 valence electrons. The molecule has 0 saturated carbocycles. The molecule has 0 heterocycles. The molecule has 0 aliphatic heterocycles. The van der Waals surface area contributed by atoms with Crippen LogP contribution in [-0.2, 0) is 4.57 Å². The van der Waals surface area contributed by atoms with Crippen LogP contribution in [0, 0.1) is 0 Å². The van der Waals surface area contributed by atoms with Crippen LogP contribution < -0.4 is 43.9 Å². The predicted octanol–water partition coefficient (Wildman–Crippen LogP) is -2.77. The van der Waals surface area contributed by atoms with Crippen molar-refractivity contribution < 1.29 is 53.9 Å². The van der Waals surface area contributed by atoms with Crippen molar-refractivity contribution in [2.24, 2.45) is 0 Å². The van der Waals surface area contributed by atoms with E-state index in [9.17, 15) is 14.4 Å². The van der Waals surface area contributed by atoms with Gasteiger partial charge in [0.2, 0.25) is 0 Å². The quantitative estimate of drug-likeness (QED) is 0.432. The number of rotatable bonds is 2. The van der Waals surface area contributed by atoms with E-state index in [0.717, 1.165) is 5.39 Å². The Morgan fingerprint density at radius 1 is 1.00 bits per heavy atom. The number of phosphoric ester groups is 1. The van der Waals surface area contributed by atoms with Crippen LogP contribution in [0.3, 0.4) is 0 Å². The maximum absolute atomic E-state index is 10.5. The largest absolute Gasteiger partial charge is 1.00 e. The van der Waals surface area contributed by atoms with Crippen LogP contribution in [0.15, 0.2) is 42.5 Å². The van der Waals surface area contributed by atoms with Crippen LogP contribution in [0.2, 0.25) is 0 Å². The number of hydrogen-bond acceptors (Lipinski definition) is 4. The van der Waals surface area contributed by atoms with E-state index in [2.05, 4.69) is 4.52 Å². The van der Waals surface area contributed by atoms with Gasteiger partial charge in [-0.05, 0) is 11.5 Å². The third-order valence-corrected chi connectivity index (χ3v) is 2.38. The fourth-order valence-electron chi connectivity index (χ4n) is 1.40. The van der Waals surface area contributed by atoms with Gasteiger partial charge in [0.15, 0.2) is 0 Å². The first-order chi connectivity index (χ1) is 7.06. The second kappa shape index (κ2) is 6.52. The fraction of sp³-hybridized carbons (Fsp3) is 0. The Hall–Kier alpha value is -0.390. The van der Waals surface area contributed by atoms with Crippen LogP contribution in [0.1, 0.15) is 0 Å². The van der Waals surface area contributed by atoms with Crippen molar-refractivity contribution in [3.05, 3.63) is 42.5 Å². The molecule has 0 amide bonds. The number of phosphoric acid groups is 1. The summed E-state index contributed by atoms with van der Waals surface area (Å²) in [7, 11) is -4.99. The summed E-state index contributed by atoms with van der Waals surface area (Å²) in [6, 6.07) is 12.0. The molecule has 0 aliphatic carbocycles. The van der Waals surface area contributed by atoms with Gasteiger partial charge in [0.25, 0.3) is 0 Å². The normalized spacial score (nSPS) is 10.2. The summed E-state index contributed by atoms with van der Waals surface area (Å²) < 4.78 is 14.9. The maximum atomic E-state index is 10.5. The average Bonchev–Trinajstić information content (AvgIpc) is 2.16. The van der Waals surface area contributed by atoms with Crippen molar-refractivity contribution in [3.8, 4) is 5.75 Å². The summed E-state index contributed by atoms with van der Waals surface area (Å²) in [6.07, 6.45) is 0. The second-order valence-electron chi connectivity index (χ2n) is 3.02. The summed E-state index contributed by atoms with van der Waals surface area (Å²) in [5.74, 6) is 0.0708. The Bertz CT molecular complexity index is 534. The fourth-order valence-corrected chi connectivity index (χ4v) is 1.80. The van der Waals surface area contributed by atoms with E-state index in [4.69, 9.17) is 0 Å². The molecule has 0 aromatic heterocycles. The molecule has 0 spiro atoms. The molecule has 2 aromatic rings. The van der Waals surface area contributed by atoms with Crippen molar-refractivity contribution in [2.75, 3.05) is 0 Å². The minimum Gasteiger partial charge on any atom is -0.780 e. The van der Waals surface area contributed by atoms with E-state index < -0.39 is 7.82 Å². The molecule has 0 radical (unpaired) electrons. The minimum atomic E-state index is -4.99. The molecule has 7 heteroatoms. The second-order valence-corrected chi connectivity index (χ2v) is 4.09. The first-order valence-electron chi connectivity index (χ1n) is 4.26. The Labute approximate surface area is 120 Å². The van der Waals surface area contributed by atoms with Gasteiger partial charge in [-0.15, -0.1) is 0 Å². The van der Waals surface area contributed by atoms with E-state index in [0.29, 0.717) is 5.39 Å². The summed E-state index contributed by atoms with van der Waals surface area (Å²) in [6.45, 7) is 0. The van der Waals surface area contributed by atoms with E-state index in [1.54, 1.807) is 18.2 Å². The van der Waals surface area contributed by atoms with Crippen LogP contribution in [0.5, 0.6) is 5.75 Å². The number of fused-ring (bicyclic) bond motifs is 1. The molecule has 0 saturated heterocycles. The molecule has 17 heavy (non-hydrogen) atoms. The zero-order valence-electron chi connectivity index (χ0n) is 9.12. The molecule has 5 nitrogen and oxygen atoms in total. The molecule has 2 N–H and O–H groups in total. The van der Waals surface area contributed by atoms with Crippen molar-refractivity contribution in [1.29, 1.82) is 0 Å².